The first-order valence-corrected chi connectivity index (χ1v) is 10.6. The number of allylic oxidation sites excluding steroid dienone is 1. The van der Waals surface area contributed by atoms with Gasteiger partial charge in [0.1, 0.15) is 17.6 Å². The van der Waals surface area contributed by atoms with Gasteiger partial charge in [-0.15, -0.1) is 0 Å². The number of rotatable bonds is 9. The number of nitrogens with two attached hydrogens (primary N) is 1. The van der Waals surface area contributed by atoms with Gasteiger partial charge < -0.3 is 21.3 Å². The third kappa shape index (κ3) is 6.12. The molecule has 1 aliphatic heterocycles. The fourth-order valence-corrected chi connectivity index (χ4v) is 3.47. The third-order valence-electron chi connectivity index (χ3n) is 5.36. The summed E-state index contributed by atoms with van der Waals surface area (Å²) in [6.45, 7) is 7.10. The second-order valence-electron chi connectivity index (χ2n) is 8.19. The van der Waals surface area contributed by atoms with E-state index in [9.17, 15) is 18.8 Å². The van der Waals surface area contributed by atoms with E-state index in [-0.39, 0.29) is 36.2 Å². The minimum Gasteiger partial charge on any atom is -0.374 e. The number of nitrogens with zero attached hydrogens (tertiary/aromatic N) is 2. The molecule has 1 aromatic rings. The number of primary amides is 1. The lowest BCUT2D eigenvalue weighted by molar-refractivity contribution is -0.137. The molecule has 1 saturated heterocycles. The molecule has 3 amide bonds. The Hall–Kier alpha value is -3.30. The second-order valence-corrected chi connectivity index (χ2v) is 8.19. The van der Waals surface area contributed by atoms with Crippen molar-refractivity contribution < 1.29 is 18.8 Å². The molecule has 0 unspecified atom stereocenters. The minimum atomic E-state index is -0.888. The maximum absolute atomic E-state index is 13.7. The highest BCUT2D eigenvalue weighted by Gasteiger charge is 2.37. The van der Waals surface area contributed by atoms with Gasteiger partial charge in [0.25, 0.3) is 5.91 Å². The number of aromatic nitrogens is 1. The van der Waals surface area contributed by atoms with E-state index in [1.54, 1.807) is 19.9 Å². The molecule has 0 spiro atoms. The first kappa shape index (κ1) is 25.0. The van der Waals surface area contributed by atoms with Gasteiger partial charge in [-0.1, -0.05) is 13.8 Å². The molecule has 1 aromatic heterocycles. The summed E-state index contributed by atoms with van der Waals surface area (Å²) in [6, 6.07) is 0.902. The summed E-state index contributed by atoms with van der Waals surface area (Å²) in [6.07, 6.45) is 2.55. The van der Waals surface area contributed by atoms with Gasteiger partial charge in [-0.3, -0.25) is 24.8 Å². The zero-order valence-corrected chi connectivity index (χ0v) is 18.9. The van der Waals surface area contributed by atoms with Crippen LogP contribution in [0.2, 0.25) is 0 Å². The van der Waals surface area contributed by atoms with Crippen molar-refractivity contribution in [3.63, 3.8) is 0 Å². The minimum absolute atomic E-state index is 0.118. The summed E-state index contributed by atoms with van der Waals surface area (Å²) in [4.78, 5) is 42.7. The normalized spacial score (nSPS) is 17.6. The first-order chi connectivity index (χ1) is 15.0. The molecular formula is C22H31FN6O3. The number of aryl methyl sites for hydroxylation is 1. The Balaban J connectivity index is 2.11. The second kappa shape index (κ2) is 10.8. The van der Waals surface area contributed by atoms with Crippen molar-refractivity contribution in [2.24, 2.45) is 11.7 Å². The lowest BCUT2D eigenvalue weighted by Gasteiger charge is -2.24. The van der Waals surface area contributed by atoms with Crippen LogP contribution < -0.4 is 16.4 Å². The summed E-state index contributed by atoms with van der Waals surface area (Å²) >= 11 is 0. The molecular weight excluding hydrogens is 415 g/mol. The van der Waals surface area contributed by atoms with Crippen molar-refractivity contribution in [1.82, 2.24) is 15.2 Å². The predicted octanol–water partition coefficient (Wildman–Crippen LogP) is 1.53. The Kier molecular flexibility index (Phi) is 8.45. The van der Waals surface area contributed by atoms with Crippen LogP contribution in [0.1, 0.15) is 45.4 Å². The van der Waals surface area contributed by atoms with E-state index in [0.29, 0.717) is 36.3 Å². The van der Waals surface area contributed by atoms with E-state index in [0.717, 1.165) is 0 Å². The lowest BCUT2D eigenvalue weighted by atomic mass is 10.1. The first-order valence-electron chi connectivity index (χ1n) is 10.6. The molecule has 0 radical (unpaired) electrons. The number of nitrogens with one attached hydrogen (secondary N) is 3. The van der Waals surface area contributed by atoms with Gasteiger partial charge in [-0.25, -0.2) is 4.39 Å². The van der Waals surface area contributed by atoms with Crippen molar-refractivity contribution in [3.8, 4) is 0 Å². The van der Waals surface area contributed by atoms with Gasteiger partial charge in [-0.2, -0.15) is 0 Å². The van der Waals surface area contributed by atoms with E-state index < -0.39 is 23.7 Å². The quantitative estimate of drug-likeness (QED) is 0.426. The van der Waals surface area contributed by atoms with Crippen LogP contribution in [0.15, 0.2) is 23.7 Å². The van der Waals surface area contributed by atoms with Crippen molar-refractivity contribution in [1.29, 1.82) is 5.41 Å². The summed E-state index contributed by atoms with van der Waals surface area (Å²) < 4.78 is 13.7. The maximum Gasteiger partial charge on any atom is 0.267 e. The zero-order valence-electron chi connectivity index (χ0n) is 18.9. The van der Waals surface area contributed by atoms with Crippen molar-refractivity contribution in [2.75, 3.05) is 25.0 Å². The molecule has 9 nitrogen and oxygen atoms in total. The van der Waals surface area contributed by atoms with Crippen LogP contribution in [0.5, 0.6) is 0 Å². The number of halogens is 1. The Bertz CT molecular complexity index is 942. The van der Waals surface area contributed by atoms with Crippen molar-refractivity contribution in [2.45, 2.75) is 46.6 Å². The fraction of sp³-hybridized carbons (Fsp3) is 0.500. The highest BCUT2D eigenvalue weighted by molar-refractivity contribution is 6.44. The van der Waals surface area contributed by atoms with E-state index in [1.165, 1.54) is 11.1 Å². The molecule has 1 fully saturated rings. The summed E-state index contributed by atoms with van der Waals surface area (Å²) in [5.74, 6) is -1.90. The molecule has 2 heterocycles. The molecule has 2 atom stereocenters. The molecule has 32 heavy (non-hydrogen) atoms. The van der Waals surface area contributed by atoms with Crippen LogP contribution >= 0.6 is 0 Å². The average Bonchev–Trinajstić information content (AvgIpc) is 3.16. The molecule has 0 saturated carbocycles. The van der Waals surface area contributed by atoms with E-state index in [1.807, 2.05) is 13.8 Å². The number of hydrogen-bond donors (Lipinski definition) is 4. The van der Waals surface area contributed by atoms with Gasteiger partial charge in [0.05, 0.1) is 25.0 Å². The van der Waals surface area contributed by atoms with Crippen LogP contribution in [-0.4, -0.2) is 59.0 Å². The van der Waals surface area contributed by atoms with Crippen molar-refractivity contribution >= 4 is 29.1 Å². The molecule has 2 rings (SSSR count). The predicted molar refractivity (Wildman–Crippen MR) is 120 cm³/mol. The van der Waals surface area contributed by atoms with Crippen LogP contribution in [0.3, 0.4) is 0 Å². The molecule has 0 aliphatic carbocycles. The Morgan fingerprint density at radius 2 is 2.00 bits per heavy atom. The fourth-order valence-electron chi connectivity index (χ4n) is 3.47. The number of amides is 3. The maximum atomic E-state index is 13.7. The SMILES string of the molecule is CCc1cc(C(=N)C(N)=O)c(NCC(=O)N2C[C@@H](C)C[C@H]2C(=O)NCC(F)=C(C)C)cn1. The van der Waals surface area contributed by atoms with E-state index in [4.69, 9.17) is 11.1 Å². The molecule has 10 heteroatoms. The van der Waals surface area contributed by atoms with Crippen LogP contribution in [0, 0.1) is 11.3 Å². The number of pyridine rings is 1. The standard InChI is InChI=1S/C22H31FN6O3/c1-5-14-7-15(20(24)21(25)31)17(9-26-14)27-10-19(30)29-11-13(4)6-18(29)22(32)28-8-16(23)12(2)3/h7,9,13,18,24,27H,5-6,8,10-11H2,1-4H3,(H2,25,31)(H,28,32)/t13-,18-/m0/s1. The third-order valence-corrected chi connectivity index (χ3v) is 5.36. The Morgan fingerprint density at radius 1 is 1.31 bits per heavy atom. The van der Waals surface area contributed by atoms with Gasteiger partial charge in [0, 0.05) is 17.8 Å². The average molecular weight is 447 g/mol. The number of carbonyl (C=O) groups excluding carboxylic acids is 3. The summed E-state index contributed by atoms with van der Waals surface area (Å²) in [7, 11) is 0. The van der Waals surface area contributed by atoms with E-state index >= 15 is 0 Å². The Labute approximate surface area is 187 Å². The summed E-state index contributed by atoms with van der Waals surface area (Å²) in [5, 5.41) is 13.4. The molecule has 5 N–H and O–H groups in total. The van der Waals surface area contributed by atoms with Crippen LogP contribution in [0.25, 0.3) is 0 Å². The largest absolute Gasteiger partial charge is 0.374 e. The number of likely N-dealkylation sites (tertiary alicyclic amines) is 1. The summed E-state index contributed by atoms with van der Waals surface area (Å²) in [5.41, 5.74) is 6.63. The number of hydrogen-bond acceptors (Lipinski definition) is 6. The highest BCUT2D eigenvalue weighted by Crippen LogP contribution is 2.24. The smallest absolute Gasteiger partial charge is 0.267 e. The van der Waals surface area contributed by atoms with E-state index in [2.05, 4.69) is 15.6 Å². The number of carbonyl (C=O) groups is 3. The molecule has 174 valence electrons. The van der Waals surface area contributed by atoms with Gasteiger partial charge >= 0.3 is 0 Å². The van der Waals surface area contributed by atoms with Crippen LogP contribution in [-0.2, 0) is 20.8 Å². The monoisotopic (exact) mass is 446 g/mol. The van der Waals surface area contributed by atoms with Gasteiger partial charge in [0.2, 0.25) is 11.8 Å². The van der Waals surface area contributed by atoms with Gasteiger partial charge in [-0.05, 0) is 44.2 Å². The van der Waals surface area contributed by atoms with Crippen molar-refractivity contribution in [3.05, 3.63) is 34.9 Å². The number of anilines is 1. The van der Waals surface area contributed by atoms with Crippen LogP contribution in [0.4, 0.5) is 10.1 Å². The zero-order chi connectivity index (χ0) is 24.0. The molecule has 1 aliphatic rings. The van der Waals surface area contributed by atoms with Gasteiger partial charge in [0.15, 0.2) is 0 Å². The Morgan fingerprint density at radius 3 is 2.59 bits per heavy atom. The highest BCUT2D eigenvalue weighted by atomic mass is 19.1. The molecule has 0 aromatic carbocycles. The molecule has 0 bridgehead atoms. The lowest BCUT2D eigenvalue weighted by Crippen LogP contribution is -2.48. The topological polar surface area (TPSA) is 141 Å².